The first-order valence-corrected chi connectivity index (χ1v) is 12.2. The molecule has 0 saturated heterocycles. The quantitative estimate of drug-likeness (QED) is 0.557. The highest BCUT2D eigenvalue weighted by atomic mass is 16.1. The fourth-order valence-electron chi connectivity index (χ4n) is 7.91. The molecule has 2 nitrogen and oxygen atoms in total. The molecular weight excluding hydrogens is 378 g/mol. The standard InChI is InChI=1S/C29H35NO/c1-4-8-22-12-16-27-26-14-11-21-19-23(31)13-15-24(21)25(26)17-18-29(22,27)28(30(2)3)20-9-6-5-7-10-20/h5-7,9-10,19,22,26-28H,11-18H2,1-3H3/t22-,26-,27+,28?,29+/m1/s1. The summed E-state index contributed by atoms with van der Waals surface area (Å²) in [5.41, 5.74) is 6.29. The van der Waals surface area contributed by atoms with Crippen molar-refractivity contribution in [3.05, 3.63) is 58.7 Å². The van der Waals surface area contributed by atoms with E-state index in [2.05, 4.69) is 61.2 Å². The van der Waals surface area contributed by atoms with Crippen molar-refractivity contribution in [2.24, 2.45) is 23.2 Å². The van der Waals surface area contributed by atoms with Gasteiger partial charge >= 0.3 is 0 Å². The normalized spacial score (nSPS) is 33.1. The van der Waals surface area contributed by atoms with Gasteiger partial charge in [0.05, 0.1) is 0 Å². The summed E-state index contributed by atoms with van der Waals surface area (Å²) < 4.78 is 0. The third-order valence-corrected chi connectivity index (χ3v) is 8.78. The van der Waals surface area contributed by atoms with E-state index in [1.807, 2.05) is 13.0 Å². The van der Waals surface area contributed by atoms with Crippen LogP contribution < -0.4 is 0 Å². The van der Waals surface area contributed by atoms with E-state index in [1.165, 1.54) is 43.2 Å². The molecule has 2 fully saturated rings. The monoisotopic (exact) mass is 413 g/mol. The molecular formula is C29H35NO. The van der Waals surface area contributed by atoms with Crippen molar-refractivity contribution in [3.63, 3.8) is 0 Å². The van der Waals surface area contributed by atoms with Crippen molar-refractivity contribution in [1.82, 2.24) is 4.90 Å². The van der Waals surface area contributed by atoms with E-state index in [0.29, 0.717) is 36.0 Å². The fraction of sp³-hybridized carbons (Fsp3) is 0.552. The second-order valence-corrected chi connectivity index (χ2v) is 10.3. The molecule has 0 heterocycles. The van der Waals surface area contributed by atoms with E-state index in [0.717, 1.165) is 12.8 Å². The summed E-state index contributed by atoms with van der Waals surface area (Å²) >= 11 is 0. The Kier molecular flexibility index (Phi) is 5.43. The summed E-state index contributed by atoms with van der Waals surface area (Å²) in [7, 11) is 4.53. The van der Waals surface area contributed by atoms with Crippen molar-refractivity contribution in [2.45, 2.75) is 64.3 Å². The molecule has 0 aliphatic heterocycles. The fourth-order valence-corrected chi connectivity index (χ4v) is 7.91. The second kappa shape index (κ2) is 8.10. The maximum atomic E-state index is 12.0. The first-order valence-electron chi connectivity index (χ1n) is 12.2. The van der Waals surface area contributed by atoms with Gasteiger partial charge in [0.2, 0.25) is 0 Å². The van der Waals surface area contributed by atoms with Crippen LogP contribution in [0.4, 0.5) is 0 Å². The number of hydrogen-bond donors (Lipinski definition) is 0. The number of benzene rings is 1. The summed E-state index contributed by atoms with van der Waals surface area (Å²) in [4.78, 5) is 14.5. The zero-order chi connectivity index (χ0) is 21.6. The molecule has 1 unspecified atom stereocenters. The Balaban J connectivity index is 1.63. The smallest absolute Gasteiger partial charge is 0.156 e. The Morgan fingerprint density at radius 2 is 1.84 bits per heavy atom. The summed E-state index contributed by atoms with van der Waals surface area (Å²) in [6.45, 7) is 2.02. The number of nitrogens with zero attached hydrogens (tertiary/aromatic N) is 1. The molecule has 0 bridgehead atoms. The third-order valence-electron chi connectivity index (χ3n) is 8.78. The van der Waals surface area contributed by atoms with Crippen molar-refractivity contribution in [2.75, 3.05) is 14.1 Å². The Bertz CT molecular complexity index is 989. The van der Waals surface area contributed by atoms with Crippen LogP contribution in [0.1, 0.15) is 69.9 Å². The molecule has 4 aliphatic carbocycles. The number of ketones is 1. The minimum Gasteiger partial charge on any atom is -0.302 e. The number of hydrogen-bond acceptors (Lipinski definition) is 2. The molecule has 162 valence electrons. The van der Waals surface area contributed by atoms with Crippen LogP contribution in [0.25, 0.3) is 0 Å². The number of carbonyl (C=O) groups excluding carboxylic acids is 1. The predicted octanol–water partition coefficient (Wildman–Crippen LogP) is 6.11. The van der Waals surface area contributed by atoms with Gasteiger partial charge in [0, 0.05) is 23.8 Å². The Morgan fingerprint density at radius 1 is 1.03 bits per heavy atom. The minimum atomic E-state index is 0.203. The minimum absolute atomic E-state index is 0.203. The van der Waals surface area contributed by atoms with E-state index in [9.17, 15) is 4.79 Å². The van der Waals surface area contributed by atoms with E-state index in [1.54, 1.807) is 11.1 Å². The molecule has 0 N–H and O–H groups in total. The summed E-state index contributed by atoms with van der Waals surface area (Å²) in [5, 5.41) is 0. The van der Waals surface area contributed by atoms with Crippen LogP contribution in [0.5, 0.6) is 0 Å². The van der Waals surface area contributed by atoms with Crippen LogP contribution in [0, 0.1) is 35.0 Å². The van der Waals surface area contributed by atoms with Crippen LogP contribution in [0.15, 0.2) is 53.1 Å². The zero-order valence-electron chi connectivity index (χ0n) is 19.3. The van der Waals surface area contributed by atoms with Gasteiger partial charge in [-0.2, -0.15) is 0 Å². The van der Waals surface area contributed by atoms with E-state index >= 15 is 0 Å². The van der Waals surface area contributed by atoms with E-state index < -0.39 is 0 Å². The van der Waals surface area contributed by atoms with Gasteiger partial charge < -0.3 is 4.90 Å². The number of fused-ring (bicyclic) bond motifs is 4. The van der Waals surface area contributed by atoms with Crippen molar-refractivity contribution < 1.29 is 4.79 Å². The zero-order valence-corrected chi connectivity index (χ0v) is 19.3. The molecule has 1 aromatic rings. The summed E-state index contributed by atoms with van der Waals surface area (Å²) in [5.74, 6) is 9.16. The molecule has 0 spiro atoms. The molecule has 0 aromatic heterocycles. The van der Waals surface area contributed by atoms with Gasteiger partial charge in [-0.05, 0) is 101 Å². The van der Waals surface area contributed by atoms with Gasteiger partial charge in [-0.3, -0.25) is 4.79 Å². The molecule has 5 atom stereocenters. The lowest BCUT2D eigenvalue weighted by molar-refractivity contribution is -0.114. The summed E-state index contributed by atoms with van der Waals surface area (Å²) in [6, 6.07) is 11.6. The van der Waals surface area contributed by atoms with Gasteiger partial charge in [0.15, 0.2) is 5.78 Å². The number of carbonyl (C=O) groups is 1. The van der Waals surface area contributed by atoms with Crippen molar-refractivity contribution in [3.8, 4) is 11.8 Å². The highest BCUT2D eigenvalue weighted by molar-refractivity contribution is 5.93. The van der Waals surface area contributed by atoms with Gasteiger partial charge in [0.25, 0.3) is 0 Å². The van der Waals surface area contributed by atoms with E-state index in [-0.39, 0.29) is 5.41 Å². The highest BCUT2D eigenvalue weighted by Crippen LogP contribution is 2.67. The average molecular weight is 414 g/mol. The molecule has 0 radical (unpaired) electrons. The predicted molar refractivity (Wildman–Crippen MR) is 126 cm³/mol. The third kappa shape index (κ3) is 3.25. The molecule has 5 rings (SSSR count). The molecule has 2 heteroatoms. The average Bonchev–Trinajstić information content (AvgIpc) is 3.13. The van der Waals surface area contributed by atoms with Gasteiger partial charge in [-0.15, -0.1) is 5.92 Å². The Morgan fingerprint density at radius 3 is 2.58 bits per heavy atom. The van der Waals surface area contributed by atoms with Gasteiger partial charge in [-0.1, -0.05) is 41.8 Å². The SMILES string of the molecule is CC#C[C@@H]1CC[C@H]2[C@@H]3CCC4=CC(=O)CCC4=C3CC[C@]12C(c1ccccc1)N(C)C. The number of rotatable bonds is 3. The Labute approximate surface area is 187 Å². The van der Waals surface area contributed by atoms with Crippen LogP contribution in [0.3, 0.4) is 0 Å². The molecule has 4 aliphatic rings. The lowest BCUT2D eigenvalue weighted by Crippen LogP contribution is -2.49. The van der Waals surface area contributed by atoms with Gasteiger partial charge in [-0.25, -0.2) is 0 Å². The molecule has 2 saturated carbocycles. The molecule has 0 amide bonds. The maximum Gasteiger partial charge on any atom is 0.156 e. The van der Waals surface area contributed by atoms with E-state index in [4.69, 9.17) is 0 Å². The van der Waals surface area contributed by atoms with Gasteiger partial charge in [0.1, 0.15) is 0 Å². The Hall–Kier alpha value is -2.11. The topological polar surface area (TPSA) is 20.3 Å². The lowest BCUT2D eigenvalue weighted by Gasteiger charge is -2.55. The van der Waals surface area contributed by atoms with Crippen molar-refractivity contribution >= 4 is 5.78 Å². The molecule has 1 aromatic carbocycles. The number of allylic oxidation sites excluding steroid dienone is 4. The van der Waals surface area contributed by atoms with Crippen LogP contribution in [-0.4, -0.2) is 24.8 Å². The lowest BCUT2D eigenvalue weighted by atomic mass is 9.52. The largest absolute Gasteiger partial charge is 0.302 e. The maximum absolute atomic E-state index is 12.0. The first-order chi connectivity index (χ1) is 15.1. The van der Waals surface area contributed by atoms with Crippen LogP contribution >= 0.6 is 0 Å². The first kappa shape index (κ1) is 20.8. The highest BCUT2D eigenvalue weighted by Gasteiger charge is 2.60. The molecule has 31 heavy (non-hydrogen) atoms. The van der Waals surface area contributed by atoms with Crippen molar-refractivity contribution in [1.29, 1.82) is 0 Å². The second-order valence-electron chi connectivity index (χ2n) is 10.3. The summed E-state index contributed by atoms with van der Waals surface area (Å²) in [6.07, 6.45) is 10.9. The van der Waals surface area contributed by atoms with Crippen LogP contribution in [-0.2, 0) is 4.79 Å². The van der Waals surface area contributed by atoms with Crippen LogP contribution in [0.2, 0.25) is 0 Å².